The van der Waals surface area contributed by atoms with Crippen molar-refractivity contribution in [2.45, 2.75) is 25.4 Å². The Labute approximate surface area is 191 Å². The molecule has 0 radical (unpaired) electrons. The first-order chi connectivity index (χ1) is 15.8. The maximum atomic E-state index is 14.6. The van der Waals surface area contributed by atoms with Crippen molar-refractivity contribution in [2.24, 2.45) is 5.92 Å². The van der Waals surface area contributed by atoms with Crippen LogP contribution < -0.4 is 16.0 Å². The normalized spacial score (nSPS) is 18.2. The van der Waals surface area contributed by atoms with E-state index in [0.717, 1.165) is 38.5 Å². The maximum absolute atomic E-state index is 14.6. The Hall–Kier alpha value is -2.62. The molecular weight excluding hydrogens is 433 g/mol. The molecular formula is C24H29F3N4O2. The van der Waals surface area contributed by atoms with Crippen LogP contribution in [0.25, 0.3) is 0 Å². The SMILES string of the molecule is Cc1ccc(Nc2c(C(=O)N3CC(O)(CNCC4CCNCC4)C3)ccc(F)c2F)c(F)c1. The number of nitrogens with one attached hydrogen (secondary N) is 3. The predicted octanol–water partition coefficient (Wildman–Crippen LogP) is 2.93. The van der Waals surface area contributed by atoms with E-state index in [4.69, 9.17) is 0 Å². The van der Waals surface area contributed by atoms with Gasteiger partial charge in [0.05, 0.1) is 30.0 Å². The highest BCUT2D eigenvalue weighted by Crippen LogP contribution is 2.31. The molecule has 0 bridgehead atoms. The van der Waals surface area contributed by atoms with E-state index in [1.807, 2.05) is 0 Å². The van der Waals surface area contributed by atoms with Crippen LogP contribution >= 0.6 is 0 Å². The highest BCUT2D eigenvalue weighted by molar-refractivity contribution is 6.01. The van der Waals surface area contributed by atoms with E-state index in [1.54, 1.807) is 13.0 Å². The third-order valence-corrected chi connectivity index (χ3v) is 6.31. The molecule has 0 aromatic heterocycles. The van der Waals surface area contributed by atoms with Crippen molar-refractivity contribution in [1.29, 1.82) is 0 Å². The van der Waals surface area contributed by atoms with Gasteiger partial charge >= 0.3 is 0 Å². The van der Waals surface area contributed by atoms with Gasteiger partial charge in [0.2, 0.25) is 0 Å². The Kier molecular flexibility index (Phi) is 6.92. The Morgan fingerprint density at radius 1 is 1.15 bits per heavy atom. The summed E-state index contributed by atoms with van der Waals surface area (Å²) in [6, 6.07) is 6.32. The lowest BCUT2D eigenvalue weighted by atomic mass is 9.92. The predicted molar refractivity (Wildman–Crippen MR) is 120 cm³/mol. The summed E-state index contributed by atoms with van der Waals surface area (Å²) in [6.07, 6.45) is 2.17. The molecule has 0 atom stereocenters. The van der Waals surface area contributed by atoms with E-state index in [1.165, 1.54) is 23.1 Å². The summed E-state index contributed by atoms with van der Waals surface area (Å²) in [6.45, 7) is 4.99. The number of aryl methyl sites for hydroxylation is 1. The van der Waals surface area contributed by atoms with Crippen LogP contribution in [0.1, 0.15) is 28.8 Å². The molecule has 2 saturated heterocycles. The molecule has 178 valence electrons. The van der Waals surface area contributed by atoms with Crippen LogP contribution in [-0.4, -0.2) is 60.8 Å². The Bertz CT molecular complexity index is 1020. The number of piperidine rings is 1. The Balaban J connectivity index is 1.41. The topological polar surface area (TPSA) is 76.6 Å². The molecule has 0 unspecified atom stereocenters. The number of aliphatic hydroxyl groups is 1. The summed E-state index contributed by atoms with van der Waals surface area (Å²) in [4.78, 5) is 14.4. The average Bonchev–Trinajstić information content (AvgIpc) is 2.77. The first-order valence-electron chi connectivity index (χ1n) is 11.2. The number of hydrogen-bond acceptors (Lipinski definition) is 5. The molecule has 2 heterocycles. The van der Waals surface area contributed by atoms with Crippen molar-refractivity contribution in [3.8, 4) is 0 Å². The zero-order valence-corrected chi connectivity index (χ0v) is 18.6. The molecule has 0 aliphatic carbocycles. The summed E-state index contributed by atoms with van der Waals surface area (Å²) in [5.74, 6) is -3.06. The number of β-amino-alcohol motifs (C(OH)–C–C–N with tert-alkyl or cyclic N) is 1. The van der Waals surface area contributed by atoms with Gasteiger partial charge in [-0.25, -0.2) is 13.2 Å². The molecule has 0 saturated carbocycles. The molecule has 2 aromatic carbocycles. The summed E-state index contributed by atoms with van der Waals surface area (Å²) in [7, 11) is 0. The zero-order valence-electron chi connectivity index (χ0n) is 18.6. The summed E-state index contributed by atoms with van der Waals surface area (Å²) >= 11 is 0. The van der Waals surface area contributed by atoms with E-state index in [2.05, 4.69) is 16.0 Å². The van der Waals surface area contributed by atoms with Gasteiger partial charge in [-0.3, -0.25) is 4.79 Å². The van der Waals surface area contributed by atoms with Crippen molar-refractivity contribution in [3.63, 3.8) is 0 Å². The first-order valence-corrected chi connectivity index (χ1v) is 11.2. The first kappa shape index (κ1) is 23.5. The highest BCUT2D eigenvalue weighted by Gasteiger charge is 2.44. The highest BCUT2D eigenvalue weighted by atomic mass is 19.2. The number of hydrogen-bond donors (Lipinski definition) is 4. The second kappa shape index (κ2) is 9.70. The fraction of sp³-hybridized carbons (Fsp3) is 0.458. The number of rotatable bonds is 7. The van der Waals surface area contributed by atoms with Crippen LogP contribution in [0, 0.1) is 30.3 Å². The molecule has 2 fully saturated rings. The molecule has 2 aliphatic heterocycles. The molecule has 4 N–H and O–H groups in total. The third-order valence-electron chi connectivity index (χ3n) is 6.31. The number of anilines is 2. The molecule has 33 heavy (non-hydrogen) atoms. The fourth-order valence-electron chi connectivity index (χ4n) is 4.39. The molecule has 2 aliphatic rings. The molecule has 4 rings (SSSR count). The number of benzene rings is 2. The molecule has 2 aromatic rings. The van der Waals surface area contributed by atoms with Gasteiger partial charge in [-0.2, -0.15) is 0 Å². The number of likely N-dealkylation sites (tertiary alicyclic amines) is 1. The van der Waals surface area contributed by atoms with Gasteiger partial charge in [0.1, 0.15) is 11.4 Å². The van der Waals surface area contributed by atoms with Crippen LogP contribution in [0.15, 0.2) is 30.3 Å². The second-order valence-electron chi connectivity index (χ2n) is 9.10. The smallest absolute Gasteiger partial charge is 0.256 e. The summed E-state index contributed by atoms with van der Waals surface area (Å²) in [5, 5.41) is 19.8. The minimum Gasteiger partial charge on any atom is -0.385 e. The monoisotopic (exact) mass is 462 g/mol. The van der Waals surface area contributed by atoms with Gasteiger partial charge < -0.3 is 26.0 Å². The number of carbonyl (C=O) groups excluding carboxylic acids is 1. The fourth-order valence-corrected chi connectivity index (χ4v) is 4.39. The van der Waals surface area contributed by atoms with Gasteiger partial charge in [0.25, 0.3) is 5.91 Å². The van der Waals surface area contributed by atoms with Crippen molar-refractivity contribution >= 4 is 17.3 Å². The summed E-state index contributed by atoms with van der Waals surface area (Å²) < 4.78 is 42.8. The van der Waals surface area contributed by atoms with Gasteiger partial charge in [-0.05, 0) is 75.1 Å². The van der Waals surface area contributed by atoms with Gasteiger partial charge in [0, 0.05) is 6.54 Å². The quantitative estimate of drug-likeness (QED) is 0.509. The number of nitrogens with zero attached hydrogens (tertiary/aromatic N) is 1. The number of carbonyl (C=O) groups is 1. The molecule has 0 spiro atoms. The number of halogens is 3. The van der Waals surface area contributed by atoms with E-state index in [-0.39, 0.29) is 24.3 Å². The maximum Gasteiger partial charge on any atom is 0.256 e. The van der Waals surface area contributed by atoms with Crippen molar-refractivity contribution in [2.75, 3.05) is 44.6 Å². The van der Waals surface area contributed by atoms with Crippen LogP contribution in [0.4, 0.5) is 24.5 Å². The van der Waals surface area contributed by atoms with Gasteiger partial charge in [-0.15, -0.1) is 0 Å². The minimum atomic E-state index is -1.26. The molecule has 9 heteroatoms. The lowest BCUT2D eigenvalue weighted by Gasteiger charge is -2.47. The van der Waals surface area contributed by atoms with E-state index >= 15 is 0 Å². The van der Waals surface area contributed by atoms with Crippen LogP contribution in [-0.2, 0) is 0 Å². The van der Waals surface area contributed by atoms with Crippen LogP contribution in [0.3, 0.4) is 0 Å². The van der Waals surface area contributed by atoms with Gasteiger partial charge in [-0.1, -0.05) is 6.07 Å². The molecule has 1 amide bonds. The Morgan fingerprint density at radius 2 is 1.88 bits per heavy atom. The van der Waals surface area contributed by atoms with Crippen LogP contribution in [0.2, 0.25) is 0 Å². The lowest BCUT2D eigenvalue weighted by molar-refractivity contribution is -0.0788. The van der Waals surface area contributed by atoms with Crippen LogP contribution in [0.5, 0.6) is 0 Å². The van der Waals surface area contributed by atoms with Gasteiger partial charge in [0.15, 0.2) is 11.6 Å². The standard InChI is InChI=1S/C24H29F3N4O2/c1-15-2-5-20(19(26)10-15)30-22-17(3-4-18(25)21(22)27)23(32)31-13-24(33,14-31)12-29-11-16-6-8-28-9-7-16/h2-5,10,16,28-30,33H,6-9,11-14H2,1H3. The largest absolute Gasteiger partial charge is 0.385 e. The lowest BCUT2D eigenvalue weighted by Crippen LogP contribution is -2.67. The average molecular weight is 463 g/mol. The Morgan fingerprint density at radius 3 is 2.58 bits per heavy atom. The van der Waals surface area contributed by atoms with E-state index in [9.17, 15) is 23.1 Å². The van der Waals surface area contributed by atoms with Crippen molar-refractivity contribution < 1.29 is 23.1 Å². The van der Waals surface area contributed by atoms with E-state index < -0.39 is 34.6 Å². The molecule has 6 nitrogen and oxygen atoms in total. The van der Waals surface area contributed by atoms with Crippen molar-refractivity contribution in [1.82, 2.24) is 15.5 Å². The third kappa shape index (κ3) is 5.31. The van der Waals surface area contributed by atoms with E-state index in [0.29, 0.717) is 18.0 Å². The van der Waals surface area contributed by atoms with Crippen molar-refractivity contribution in [3.05, 3.63) is 58.9 Å². The summed E-state index contributed by atoms with van der Waals surface area (Å²) in [5.41, 5.74) is -1.03. The number of amides is 1. The second-order valence-corrected chi connectivity index (χ2v) is 9.10. The zero-order chi connectivity index (χ0) is 23.6. The minimum absolute atomic E-state index is 0.0682.